The first-order chi connectivity index (χ1) is 11.9. The molecule has 2 aliphatic heterocycles. The molecule has 0 unspecified atom stereocenters. The Morgan fingerprint density at radius 3 is 2.76 bits per heavy atom. The summed E-state index contributed by atoms with van der Waals surface area (Å²) in [5.41, 5.74) is -0.614. The Bertz CT molecular complexity index is 760. The molecule has 1 aromatic carbocycles. The lowest BCUT2D eigenvalue weighted by atomic mass is 9.68. The van der Waals surface area contributed by atoms with Crippen LogP contribution in [0.3, 0.4) is 0 Å². The van der Waals surface area contributed by atoms with E-state index in [2.05, 4.69) is 0 Å². The summed E-state index contributed by atoms with van der Waals surface area (Å²) >= 11 is 0. The number of carbonyl (C=O) groups excluding carboxylic acids is 1. The molecule has 2 fully saturated rings. The molecule has 25 heavy (non-hydrogen) atoms. The van der Waals surface area contributed by atoms with Gasteiger partial charge in [-0.3, -0.25) is 9.59 Å². The van der Waals surface area contributed by atoms with Gasteiger partial charge in [-0.1, -0.05) is 0 Å². The summed E-state index contributed by atoms with van der Waals surface area (Å²) in [5.74, 6) is -1.81. The molecule has 3 rings (SSSR count). The molecule has 0 saturated carbocycles. The van der Waals surface area contributed by atoms with Gasteiger partial charge < -0.3 is 14.9 Å². The largest absolute Gasteiger partial charge is 0.481 e. The van der Waals surface area contributed by atoms with E-state index in [0.29, 0.717) is 25.9 Å². The molecule has 0 radical (unpaired) electrons. The zero-order valence-corrected chi connectivity index (χ0v) is 14.0. The third-order valence-electron chi connectivity index (χ3n) is 5.51. The van der Waals surface area contributed by atoms with Crippen LogP contribution < -0.4 is 0 Å². The van der Waals surface area contributed by atoms with Gasteiger partial charge in [0.2, 0.25) is 0 Å². The molecule has 1 N–H and O–H groups in total. The van der Waals surface area contributed by atoms with Gasteiger partial charge in [0, 0.05) is 24.7 Å². The number of aliphatic carboxylic acids is 1. The molecule has 1 amide bonds. The van der Waals surface area contributed by atoms with Crippen molar-refractivity contribution in [2.75, 3.05) is 26.7 Å². The van der Waals surface area contributed by atoms with Gasteiger partial charge in [0.25, 0.3) is 5.91 Å². The van der Waals surface area contributed by atoms with E-state index in [0.717, 1.165) is 25.1 Å². The van der Waals surface area contributed by atoms with E-state index < -0.39 is 17.2 Å². The molecule has 0 aromatic heterocycles. The Morgan fingerprint density at radius 1 is 1.32 bits per heavy atom. The molecule has 1 aromatic rings. The number of carboxylic acids is 1. The zero-order chi connectivity index (χ0) is 18.2. The maximum Gasteiger partial charge on any atom is 0.311 e. The van der Waals surface area contributed by atoms with E-state index in [9.17, 15) is 19.1 Å². The Morgan fingerprint density at radius 2 is 2.08 bits per heavy atom. The highest BCUT2D eigenvalue weighted by Gasteiger charge is 2.52. The Balaban J connectivity index is 1.86. The van der Waals surface area contributed by atoms with Crippen LogP contribution in [-0.4, -0.2) is 59.5 Å². The van der Waals surface area contributed by atoms with E-state index in [1.54, 1.807) is 4.90 Å². The SMILES string of the molecule is CN1CCC[C@]2(C(=O)O)CCN(C(=O)c3cc(F)cc(C#N)c3)C[C@@H]12. The normalized spacial score (nSPS) is 26.6. The Labute approximate surface area is 145 Å². The number of halogens is 1. The van der Waals surface area contributed by atoms with Gasteiger partial charge in [0.05, 0.1) is 17.0 Å². The monoisotopic (exact) mass is 345 g/mol. The van der Waals surface area contributed by atoms with E-state index >= 15 is 0 Å². The highest BCUT2D eigenvalue weighted by molar-refractivity contribution is 5.95. The fraction of sp³-hybridized carbons (Fsp3) is 0.500. The van der Waals surface area contributed by atoms with Crippen molar-refractivity contribution in [3.8, 4) is 6.07 Å². The quantitative estimate of drug-likeness (QED) is 0.882. The van der Waals surface area contributed by atoms with Crippen LogP contribution in [0.2, 0.25) is 0 Å². The molecular formula is C18H20FN3O3. The molecule has 0 aliphatic carbocycles. The number of piperidine rings is 2. The molecule has 6 nitrogen and oxygen atoms in total. The summed E-state index contributed by atoms with van der Waals surface area (Å²) in [6.07, 6.45) is 1.81. The van der Waals surface area contributed by atoms with E-state index in [1.807, 2.05) is 18.0 Å². The van der Waals surface area contributed by atoms with Crippen molar-refractivity contribution in [3.05, 3.63) is 35.1 Å². The minimum absolute atomic E-state index is 0.0926. The summed E-state index contributed by atoms with van der Waals surface area (Å²) < 4.78 is 13.6. The number of rotatable bonds is 2. The number of benzene rings is 1. The lowest BCUT2D eigenvalue weighted by molar-refractivity contribution is -0.161. The second kappa shape index (κ2) is 6.45. The highest BCUT2D eigenvalue weighted by atomic mass is 19.1. The van der Waals surface area contributed by atoms with Crippen molar-refractivity contribution in [2.45, 2.75) is 25.3 Å². The van der Waals surface area contributed by atoms with Gasteiger partial charge in [-0.2, -0.15) is 5.26 Å². The van der Waals surface area contributed by atoms with Gasteiger partial charge >= 0.3 is 5.97 Å². The highest BCUT2D eigenvalue weighted by Crippen LogP contribution is 2.42. The summed E-state index contributed by atoms with van der Waals surface area (Å²) in [5, 5.41) is 18.7. The fourth-order valence-corrected chi connectivity index (χ4v) is 4.13. The molecule has 2 atom stereocenters. The van der Waals surface area contributed by atoms with Crippen LogP contribution in [0.5, 0.6) is 0 Å². The van der Waals surface area contributed by atoms with Crippen molar-refractivity contribution in [1.82, 2.24) is 9.80 Å². The molecule has 132 valence electrons. The number of hydrogen-bond donors (Lipinski definition) is 1. The smallest absolute Gasteiger partial charge is 0.311 e. The van der Waals surface area contributed by atoms with E-state index in [1.165, 1.54) is 6.07 Å². The lowest BCUT2D eigenvalue weighted by Gasteiger charge is -2.51. The second-order valence-corrected chi connectivity index (χ2v) is 6.90. The maximum atomic E-state index is 13.6. The topological polar surface area (TPSA) is 84.6 Å². The van der Waals surface area contributed by atoms with Gasteiger partial charge in [-0.25, -0.2) is 4.39 Å². The number of carbonyl (C=O) groups is 2. The van der Waals surface area contributed by atoms with Crippen LogP contribution >= 0.6 is 0 Å². The van der Waals surface area contributed by atoms with Gasteiger partial charge in [0.1, 0.15) is 5.82 Å². The summed E-state index contributed by atoms with van der Waals surface area (Å²) in [6.45, 7) is 1.40. The number of amides is 1. The second-order valence-electron chi connectivity index (χ2n) is 6.90. The lowest BCUT2D eigenvalue weighted by Crippen LogP contribution is -2.63. The maximum absolute atomic E-state index is 13.6. The van der Waals surface area contributed by atoms with Gasteiger partial charge in [0.15, 0.2) is 0 Å². The van der Waals surface area contributed by atoms with E-state index in [4.69, 9.17) is 5.26 Å². The third-order valence-corrected chi connectivity index (χ3v) is 5.51. The standard InChI is InChI=1S/C18H20FN3O3/c1-21-5-2-3-18(17(24)25)4-6-22(11-15(18)21)16(23)13-7-12(10-20)8-14(19)9-13/h7-9,15H,2-6,11H2,1H3,(H,24,25)/t15-,18+/m1/s1. The number of carboxylic acid groups (broad SMARTS) is 1. The number of nitriles is 1. The minimum atomic E-state index is -0.830. The van der Waals surface area contributed by atoms with Crippen LogP contribution in [0.15, 0.2) is 18.2 Å². The number of likely N-dealkylation sites (tertiary alicyclic amines) is 2. The van der Waals surface area contributed by atoms with Crippen molar-refractivity contribution in [1.29, 1.82) is 5.26 Å². The van der Waals surface area contributed by atoms with E-state index in [-0.39, 0.29) is 23.1 Å². The van der Waals surface area contributed by atoms with Gasteiger partial charge in [-0.05, 0) is 51.1 Å². The average Bonchev–Trinajstić information content (AvgIpc) is 2.60. The molecule has 2 saturated heterocycles. The zero-order valence-electron chi connectivity index (χ0n) is 14.0. The van der Waals surface area contributed by atoms with Crippen LogP contribution in [-0.2, 0) is 4.79 Å². The van der Waals surface area contributed by atoms with Crippen molar-refractivity contribution >= 4 is 11.9 Å². The summed E-state index contributed by atoms with van der Waals surface area (Å²) in [6, 6.07) is 5.15. The van der Waals surface area contributed by atoms with Crippen molar-refractivity contribution in [2.24, 2.45) is 5.41 Å². The first-order valence-electron chi connectivity index (χ1n) is 8.31. The predicted octanol–water partition coefficient (Wildman–Crippen LogP) is 1.71. The third kappa shape index (κ3) is 2.98. The number of likely N-dealkylation sites (N-methyl/N-ethyl adjacent to an activating group) is 1. The first-order valence-corrected chi connectivity index (χ1v) is 8.31. The minimum Gasteiger partial charge on any atom is -0.481 e. The van der Waals surface area contributed by atoms with Crippen LogP contribution in [0.1, 0.15) is 35.2 Å². The summed E-state index contributed by atoms with van der Waals surface area (Å²) in [4.78, 5) is 28.3. The summed E-state index contributed by atoms with van der Waals surface area (Å²) in [7, 11) is 1.88. The molecule has 2 heterocycles. The fourth-order valence-electron chi connectivity index (χ4n) is 4.13. The number of nitrogens with zero attached hydrogens (tertiary/aromatic N) is 3. The van der Waals surface area contributed by atoms with Crippen LogP contribution in [0.25, 0.3) is 0 Å². The molecule has 0 bridgehead atoms. The predicted molar refractivity (Wildman–Crippen MR) is 87.4 cm³/mol. The number of hydrogen-bond acceptors (Lipinski definition) is 4. The van der Waals surface area contributed by atoms with Crippen molar-refractivity contribution in [3.63, 3.8) is 0 Å². The number of fused-ring (bicyclic) bond motifs is 1. The van der Waals surface area contributed by atoms with Crippen LogP contribution in [0.4, 0.5) is 4.39 Å². The Hall–Kier alpha value is -2.46. The molecular weight excluding hydrogens is 325 g/mol. The Kier molecular flexibility index (Phi) is 4.48. The van der Waals surface area contributed by atoms with Crippen LogP contribution in [0, 0.1) is 22.6 Å². The van der Waals surface area contributed by atoms with Gasteiger partial charge in [-0.15, -0.1) is 0 Å². The molecule has 2 aliphatic rings. The average molecular weight is 345 g/mol. The molecule has 0 spiro atoms. The molecule has 7 heteroatoms. The van der Waals surface area contributed by atoms with Crippen molar-refractivity contribution < 1.29 is 19.1 Å². The first kappa shape index (κ1) is 17.4.